The molecule has 1 heterocycles. The number of fused-ring (bicyclic) bond motifs is 1. The molecular formula is C13H18N2. The monoisotopic (exact) mass is 202 g/mol. The summed E-state index contributed by atoms with van der Waals surface area (Å²) in [5.41, 5.74) is 12.4. The average Bonchev–Trinajstić information content (AvgIpc) is 2.46. The Bertz CT molecular complexity index is 521. The molecule has 15 heavy (non-hydrogen) atoms. The summed E-state index contributed by atoms with van der Waals surface area (Å²) in [6.45, 7) is 7.08. The molecule has 1 aromatic heterocycles. The van der Waals surface area contributed by atoms with E-state index < -0.39 is 0 Å². The molecule has 0 bridgehead atoms. The predicted octanol–water partition coefficient (Wildman–Crippen LogP) is 2.56. The van der Waals surface area contributed by atoms with Gasteiger partial charge in [0.05, 0.1) is 5.52 Å². The summed E-state index contributed by atoms with van der Waals surface area (Å²) in [5.74, 6) is 0. The molecule has 0 aliphatic heterocycles. The van der Waals surface area contributed by atoms with Crippen LogP contribution >= 0.6 is 0 Å². The second-order valence-electron chi connectivity index (χ2n) is 4.23. The minimum Gasteiger partial charge on any atom is -0.347 e. The zero-order valence-corrected chi connectivity index (χ0v) is 9.89. The standard InChI is InChI=1S/C13H18N2/c1-8-5-6-11-12(7-14)10(3)15(4)13(11)9(8)2/h5-6H,7,14H2,1-4H3. The molecule has 0 radical (unpaired) electrons. The normalized spacial score (nSPS) is 11.3. The first-order valence-corrected chi connectivity index (χ1v) is 5.32. The molecule has 0 fully saturated rings. The molecule has 0 saturated heterocycles. The predicted molar refractivity (Wildman–Crippen MR) is 65.0 cm³/mol. The van der Waals surface area contributed by atoms with Gasteiger partial charge >= 0.3 is 0 Å². The summed E-state index contributed by atoms with van der Waals surface area (Å²) >= 11 is 0. The second-order valence-corrected chi connectivity index (χ2v) is 4.23. The van der Waals surface area contributed by atoms with Gasteiger partial charge in [0.1, 0.15) is 0 Å². The number of nitrogens with zero attached hydrogens (tertiary/aromatic N) is 1. The van der Waals surface area contributed by atoms with E-state index in [9.17, 15) is 0 Å². The number of hydrogen-bond acceptors (Lipinski definition) is 1. The van der Waals surface area contributed by atoms with Crippen molar-refractivity contribution in [2.75, 3.05) is 0 Å². The van der Waals surface area contributed by atoms with E-state index in [0.717, 1.165) is 0 Å². The van der Waals surface area contributed by atoms with Crippen LogP contribution in [0.15, 0.2) is 12.1 Å². The van der Waals surface area contributed by atoms with Crippen LogP contribution in [0.25, 0.3) is 10.9 Å². The quantitative estimate of drug-likeness (QED) is 0.757. The maximum absolute atomic E-state index is 5.80. The molecule has 2 heteroatoms. The van der Waals surface area contributed by atoms with E-state index in [-0.39, 0.29) is 0 Å². The highest BCUT2D eigenvalue weighted by Crippen LogP contribution is 2.28. The third-order valence-corrected chi connectivity index (χ3v) is 3.51. The summed E-state index contributed by atoms with van der Waals surface area (Å²) in [6, 6.07) is 4.36. The zero-order chi connectivity index (χ0) is 11.2. The number of benzene rings is 1. The fourth-order valence-corrected chi connectivity index (χ4v) is 2.30. The first kappa shape index (κ1) is 10.2. The minimum absolute atomic E-state index is 0.617. The minimum atomic E-state index is 0.617. The largest absolute Gasteiger partial charge is 0.347 e. The topological polar surface area (TPSA) is 30.9 Å². The molecule has 0 unspecified atom stereocenters. The Morgan fingerprint density at radius 3 is 2.47 bits per heavy atom. The average molecular weight is 202 g/mol. The van der Waals surface area contributed by atoms with Crippen molar-refractivity contribution in [1.29, 1.82) is 0 Å². The van der Waals surface area contributed by atoms with Crippen molar-refractivity contribution in [3.05, 3.63) is 34.5 Å². The molecule has 0 aliphatic carbocycles. The number of aryl methyl sites for hydroxylation is 3. The molecular weight excluding hydrogens is 184 g/mol. The van der Waals surface area contributed by atoms with Crippen LogP contribution in [0.5, 0.6) is 0 Å². The van der Waals surface area contributed by atoms with Gasteiger partial charge in [0.25, 0.3) is 0 Å². The highest BCUT2D eigenvalue weighted by atomic mass is 14.9. The number of rotatable bonds is 1. The third kappa shape index (κ3) is 1.29. The van der Waals surface area contributed by atoms with Crippen molar-refractivity contribution in [2.45, 2.75) is 27.3 Å². The van der Waals surface area contributed by atoms with E-state index >= 15 is 0 Å². The first-order chi connectivity index (χ1) is 7.07. The van der Waals surface area contributed by atoms with Gasteiger partial charge in [0.15, 0.2) is 0 Å². The summed E-state index contributed by atoms with van der Waals surface area (Å²) in [4.78, 5) is 0. The van der Waals surface area contributed by atoms with Crippen LogP contribution in [0.1, 0.15) is 22.4 Å². The molecule has 0 aliphatic rings. The fourth-order valence-electron chi connectivity index (χ4n) is 2.30. The van der Waals surface area contributed by atoms with Crippen LogP contribution < -0.4 is 5.73 Å². The van der Waals surface area contributed by atoms with Crippen molar-refractivity contribution in [3.8, 4) is 0 Å². The maximum atomic E-state index is 5.80. The highest BCUT2D eigenvalue weighted by molar-refractivity contribution is 5.88. The third-order valence-electron chi connectivity index (χ3n) is 3.51. The van der Waals surface area contributed by atoms with Gasteiger partial charge in [-0.3, -0.25) is 0 Å². The Morgan fingerprint density at radius 2 is 1.87 bits per heavy atom. The van der Waals surface area contributed by atoms with Gasteiger partial charge < -0.3 is 10.3 Å². The van der Waals surface area contributed by atoms with Gasteiger partial charge in [0, 0.05) is 24.7 Å². The van der Waals surface area contributed by atoms with E-state index in [0.29, 0.717) is 6.54 Å². The summed E-state index contributed by atoms with van der Waals surface area (Å²) in [5, 5.41) is 1.31. The van der Waals surface area contributed by atoms with E-state index in [1.165, 1.54) is 33.3 Å². The maximum Gasteiger partial charge on any atom is 0.0515 e. The second kappa shape index (κ2) is 3.38. The molecule has 2 rings (SSSR count). The molecule has 80 valence electrons. The van der Waals surface area contributed by atoms with Crippen molar-refractivity contribution >= 4 is 10.9 Å². The van der Waals surface area contributed by atoms with Crippen LogP contribution in [0, 0.1) is 20.8 Å². The number of hydrogen-bond donors (Lipinski definition) is 1. The lowest BCUT2D eigenvalue weighted by Crippen LogP contribution is -1.99. The van der Waals surface area contributed by atoms with Crippen molar-refractivity contribution in [3.63, 3.8) is 0 Å². The first-order valence-electron chi connectivity index (χ1n) is 5.32. The Morgan fingerprint density at radius 1 is 1.20 bits per heavy atom. The van der Waals surface area contributed by atoms with Crippen molar-refractivity contribution < 1.29 is 0 Å². The van der Waals surface area contributed by atoms with Crippen LogP contribution in [0.3, 0.4) is 0 Å². The highest BCUT2D eigenvalue weighted by Gasteiger charge is 2.12. The van der Waals surface area contributed by atoms with E-state index in [1.54, 1.807) is 0 Å². The molecule has 0 atom stereocenters. The van der Waals surface area contributed by atoms with Crippen LogP contribution in [-0.2, 0) is 13.6 Å². The fraction of sp³-hybridized carbons (Fsp3) is 0.385. The molecule has 2 N–H and O–H groups in total. The summed E-state index contributed by atoms with van der Waals surface area (Å²) < 4.78 is 2.25. The van der Waals surface area contributed by atoms with Crippen molar-refractivity contribution in [2.24, 2.45) is 12.8 Å². The molecule has 2 nitrogen and oxygen atoms in total. The number of nitrogens with two attached hydrogens (primary N) is 1. The number of aromatic nitrogens is 1. The van der Waals surface area contributed by atoms with Crippen LogP contribution in [-0.4, -0.2) is 4.57 Å². The van der Waals surface area contributed by atoms with Gasteiger partial charge in [0.2, 0.25) is 0 Å². The molecule has 2 aromatic rings. The van der Waals surface area contributed by atoms with Gasteiger partial charge in [-0.15, -0.1) is 0 Å². The lowest BCUT2D eigenvalue weighted by molar-refractivity contribution is 0.891. The van der Waals surface area contributed by atoms with E-state index in [4.69, 9.17) is 5.73 Å². The molecule has 0 spiro atoms. The Hall–Kier alpha value is -1.28. The van der Waals surface area contributed by atoms with Crippen LogP contribution in [0.4, 0.5) is 0 Å². The molecule has 1 aromatic carbocycles. The molecule has 0 amide bonds. The Labute approximate surface area is 90.7 Å². The van der Waals surface area contributed by atoms with E-state index in [2.05, 4.69) is 44.5 Å². The van der Waals surface area contributed by atoms with Crippen molar-refractivity contribution in [1.82, 2.24) is 4.57 Å². The van der Waals surface area contributed by atoms with Gasteiger partial charge in [-0.25, -0.2) is 0 Å². The molecule has 0 saturated carbocycles. The van der Waals surface area contributed by atoms with E-state index in [1.807, 2.05) is 0 Å². The van der Waals surface area contributed by atoms with Gasteiger partial charge in [-0.2, -0.15) is 0 Å². The summed E-state index contributed by atoms with van der Waals surface area (Å²) in [7, 11) is 2.11. The lowest BCUT2D eigenvalue weighted by atomic mass is 10.0. The SMILES string of the molecule is Cc1ccc2c(CN)c(C)n(C)c2c1C. The Balaban J connectivity index is 2.97. The summed E-state index contributed by atoms with van der Waals surface area (Å²) in [6.07, 6.45) is 0. The smallest absolute Gasteiger partial charge is 0.0515 e. The van der Waals surface area contributed by atoms with Gasteiger partial charge in [-0.05, 0) is 37.5 Å². The van der Waals surface area contributed by atoms with Gasteiger partial charge in [-0.1, -0.05) is 12.1 Å². The van der Waals surface area contributed by atoms with Crippen LogP contribution in [0.2, 0.25) is 0 Å². The Kier molecular flexibility index (Phi) is 2.31. The zero-order valence-electron chi connectivity index (χ0n) is 9.89. The lowest BCUT2D eigenvalue weighted by Gasteiger charge is -2.05.